The minimum atomic E-state index is -0.463. The van der Waals surface area contributed by atoms with Crippen molar-refractivity contribution in [3.63, 3.8) is 0 Å². The Labute approximate surface area is 110 Å². The molecule has 100 valence electrons. The predicted molar refractivity (Wildman–Crippen MR) is 73.6 cm³/mol. The lowest BCUT2D eigenvalue weighted by Crippen LogP contribution is -2.26. The van der Waals surface area contributed by atoms with Gasteiger partial charge in [0.2, 0.25) is 0 Å². The first-order valence-electron chi connectivity index (χ1n) is 6.34. The first-order valence-corrected chi connectivity index (χ1v) is 6.34. The molecule has 0 aromatic heterocycles. The Morgan fingerprint density at radius 3 is 2.44 bits per heavy atom. The van der Waals surface area contributed by atoms with E-state index in [-0.39, 0.29) is 5.97 Å². The molecule has 0 saturated carbocycles. The number of hydrogen-bond acceptors (Lipinski definition) is 3. The summed E-state index contributed by atoms with van der Waals surface area (Å²) < 4.78 is 5.40. The van der Waals surface area contributed by atoms with Crippen LogP contribution in [-0.2, 0) is 11.3 Å². The molecule has 3 heteroatoms. The average molecular weight is 249 g/mol. The molecule has 0 fully saturated rings. The summed E-state index contributed by atoms with van der Waals surface area (Å²) in [4.78, 5) is 12.1. The van der Waals surface area contributed by atoms with Crippen molar-refractivity contribution in [1.82, 2.24) is 5.32 Å². The molecule has 3 nitrogen and oxygen atoms in total. The molecular weight excluding hydrogens is 226 g/mol. The summed E-state index contributed by atoms with van der Waals surface area (Å²) in [5.74, 6) is -0.261. The SMILES string of the molecule is CC(C)NCc1ccccc1C(=O)OC(C)(C)C. The third-order valence-electron chi connectivity index (χ3n) is 2.34. The average Bonchev–Trinajstić information content (AvgIpc) is 2.24. The van der Waals surface area contributed by atoms with Crippen LogP contribution < -0.4 is 5.32 Å². The summed E-state index contributed by atoms with van der Waals surface area (Å²) >= 11 is 0. The first kappa shape index (κ1) is 14.7. The maximum Gasteiger partial charge on any atom is 0.338 e. The Morgan fingerprint density at radius 1 is 1.28 bits per heavy atom. The van der Waals surface area contributed by atoms with Gasteiger partial charge in [-0.3, -0.25) is 0 Å². The molecule has 0 radical (unpaired) electrons. The van der Waals surface area contributed by atoms with Gasteiger partial charge in [0, 0.05) is 12.6 Å². The number of nitrogens with one attached hydrogen (secondary N) is 1. The highest BCUT2D eigenvalue weighted by Gasteiger charge is 2.19. The summed E-state index contributed by atoms with van der Waals surface area (Å²) in [7, 11) is 0. The van der Waals surface area contributed by atoms with Crippen LogP contribution in [0.1, 0.15) is 50.5 Å². The van der Waals surface area contributed by atoms with Gasteiger partial charge in [-0.1, -0.05) is 32.0 Å². The fourth-order valence-corrected chi connectivity index (χ4v) is 1.52. The number of ether oxygens (including phenoxy) is 1. The Balaban J connectivity index is 2.84. The minimum absolute atomic E-state index is 0.261. The van der Waals surface area contributed by atoms with Gasteiger partial charge in [-0.05, 0) is 32.4 Å². The normalized spacial score (nSPS) is 11.7. The number of hydrogen-bond donors (Lipinski definition) is 1. The van der Waals surface area contributed by atoms with Crippen LogP contribution in [0.15, 0.2) is 24.3 Å². The van der Waals surface area contributed by atoms with Crippen molar-refractivity contribution in [3.05, 3.63) is 35.4 Å². The lowest BCUT2D eigenvalue weighted by Gasteiger charge is -2.20. The molecule has 0 aliphatic heterocycles. The third kappa shape index (κ3) is 4.88. The third-order valence-corrected chi connectivity index (χ3v) is 2.34. The van der Waals surface area contributed by atoms with E-state index in [0.717, 1.165) is 5.56 Å². The van der Waals surface area contributed by atoms with Gasteiger partial charge in [-0.2, -0.15) is 0 Å². The smallest absolute Gasteiger partial charge is 0.338 e. The molecule has 0 aliphatic rings. The second-order valence-corrected chi connectivity index (χ2v) is 5.69. The van der Waals surface area contributed by atoms with Crippen molar-refractivity contribution < 1.29 is 9.53 Å². The summed E-state index contributed by atoms with van der Waals surface area (Å²) in [5.41, 5.74) is 1.15. The molecule has 1 N–H and O–H groups in total. The van der Waals surface area contributed by atoms with Crippen LogP contribution >= 0.6 is 0 Å². The molecule has 0 atom stereocenters. The molecule has 0 saturated heterocycles. The van der Waals surface area contributed by atoms with E-state index in [1.54, 1.807) is 0 Å². The van der Waals surface area contributed by atoms with Crippen LogP contribution in [0, 0.1) is 0 Å². The Morgan fingerprint density at radius 2 is 1.89 bits per heavy atom. The molecule has 1 aromatic rings. The number of esters is 1. The lowest BCUT2D eigenvalue weighted by molar-refractivity contribution is 0.00681. The predicted octanol–water partition coefficient (Wildman–Crippen LogP) is 3.14. The Kier molecular flexibility index (Phi) is 4.91. The van der Waals surface area contributed by atoms with Crippen LogP contribution in [-0.4, -0.2) is 17.6 Å². The number of rotatable bonds is 4. The van der Waals surface area contributed by atoms with Crippen molar-refractivity contribution in [1.29, 1.82) is 0 Å². The van der Waals surface area contributed by atoms with Gasteiger partial charge >= 0.3 is 5.97 Å². The van der Waals surface area contributed by atoms with E-state index in [1.165, 1.54) is 0 Å². The Hall–Kier alpha value is -1.35. The van der Waals surface area contributed by atoms with Gasteiger partial charge in [0.05, 0.1) is 5.56 Å². The zero-order valence-electron chi connectivity index (χ0n) is 11.9. The van der Waals surface area contributed by atoms with Gasteiger partial charge < -0.3 is 10.1 Å². The van der Waals surface area contributed by atoms with Crippen LogP contribution in [0.4, 0.5) is 0 Å². The monoisotopic (exact) mass is 249 g/mol. The summed E-state index contributed by atoms with van der Waals surface area (Å²) in [5, 5.41) is 3.31. The van der Waals surface area contributed by atoms with Crippen molar-refractivity contribution in [2.45, 2.75) is 52.8 Å². The molecule has 0 heterocycles. The van der Waals surface area contributed by atoms with Gasteiger partial charge in [0.15, 0.2) is 0 Å². The van der Waals surface area contributed by atoms with Gasteiger partial charge in [-0.15, -0.1) is 0 Å². The van der Waals surface area contributed by atoms with Gasteiger partial charge in [-0.25, -0.2) is 4.79 Å². The standard InChI is InChI=1S/C15H23NO2/c1-11(2)16-10-12-8-6-7-9-13(12)14(17)18-15(3,4)5/h6-9,11,16H,10H2,1-5H3. The minimum Gasteiger partial charge on any atom is -0.456 e. The molecule has 0 bridgehead atoms. The van der Waals surface area contributed by atoms with Crippen molar-refractivity contribution in [2.75, 3.05) is 0 Å². The molecule has 0 amide bonds. The van der Waals surface area contributed by atoms with Crippen LogP contribution in [0.3, 0.4) is 0 Å². The fraction of sp³-hybridized carbons (Fsp3) is 0.533. The zero-order valence-corrected chi connectivity index (χ0v) is 11.9. The number of benzene rings is 1. The van der Waals surface area contributed by atoms with Gasteiger partial charge in [0.1, 0.15) is 5.60 Å². The largest absolute Gasteiger partial charge is 0.456 e. The molecule has 1 aromatic carbocycles. The van der Waals surface area contributed by atoms with E-state index in [0.29, 0.717) is 18.2 Å². The molecule has 1 rings (SSSR count). The molecular formula is C15H23NO2. The zero-order chi connectivity index (χ0) is 13.8. The van der Waals surface area contributed by atoms with Crippen LogP contribution in [0.25, 0.3) is 0 Å². The van der Waals surface area contributed by atoms with E-state index in [2.05, 4.69) is 19.2 Å². The van der Waals surface area contributed by atoms with E-state index in [9.17, 15) is 4.79 Å². The topological polar surface area (TPSA) is 38.3 Å². The van der Waals surface area contributed by atoms with E-state index < -0.39 is 5.60 Å². The van der Waals surface area contributed by atoms with E-state index >= 15 is 0 Å². The lowest BCUT2D eigenvalue weighted by atomic mass is 10.1. The highest BCUT2D eigenvalue weighted by molar-refractivity contribution is 5.91. The number of carbonyl (C=O) groups excluding carboxylic acids is 1. The highest BCUT2D eigenvalue weighted by atomic mass is 16.6. The molecule has 0 unspecified atom stereocenters. The Bertz CT molecular complexity index is 405. The first-order chi connectivity index (χ1) is 8.29. The summed E-state index contributed by atoms with van der Waals surface area (Å²) in [6, 6.07) is 7.94. The summed E-state index contributed by atoms with van der Waals surface area (Å²) in [6.07, 6.45) is 0. The molecule has 18 heavy (non-hydrogen) atoms. The van der Waals surface area contributed by atoms with Crippen LogP contribution in [0.2, 0.25) is 0 Å². The highest BCUT2D eigenvalue weighted by Crippen LogP contribution is 2.15. The molecule has 0 spiro atoms. The maximum atomic E-state index is 12.1. The van der Waals surface area contributed by atoms with E-state index in [1.807, 2.05) is 45.0 Å². The van der Waals surface area contributed by atoms with Crippen molar-refractivity contribution >= 4 is 5.97 Å². The quantitative estimate of drug-likeness (QED) is 0.833. The van der Waals surface area contributed by atoms with Crippen molar-refractivity contribution in [2.24, 2.45) is 0 Å². The van der Waals surface area contributed by atoms with Crippen LogP contribution in [0.5, 0.6) is 0 Å². The maximum absolute atomic E-state index is 12.1. The second-order valence-electron chi connectivity index (χ2n) is 5.69. The van der Waals surface area contributed by atoms with E-state index in [4.69, 9.17) is 4.74 Å². The number of carbonyl (C=O) groups is 1. The fourth-order valence-electron chi connectivity index (χ4n) is 1.52. The second kappa shape index (κ2) is 6.01. The molecule has 0 aliphatic carbocycles. The summed E-state index contributed by atoms with van der Waals surface area (Å²) in [6.45, 7) is 10.5. The van der Waals surface area contributed by atoms with Crippen molar-refractivity contribution in [3.8, 4) is 0 Å². The van der Waals surface area contributed by atoms with Gasteiger partial charge in [0.25, 0.3) is 0 Å².